The monoisotopic (exact) mass is 670 g/mol. The van der Waals surface area contributed by atoms with E-state index in [0.29, 0.717) is 4.47 Å². The molecule has 1 aliphatic rings. The summed E-state index contributed by atoms with van der Waals surface area (Å²) in [6.45, 7) is 0.622. The smallest absolute Gasteiger partial charge is 0.387 e. The van der Waals surface area contributed by atoms with Gasteiger partial charge < -0.3 is 24.1 Å². The highest BCUT2D eigenvalue weighted by atomic mass is 79.9. The number of benzene rings is 4. The lowest BCUT2D eigenvalue weighted by atomic mass is 9.89. The molecule has 44 heavy (non-hydrogen) atoms. The Morgan fingerprint density at radius 3 is 1.75 bits per heavy atom. The van der Waals surface area contributed by atoms with E-state index in [1.54, 1.807) is 6.07 Å². The fourth-order valence-corrected chi connectivity index (χ4v) is 5.67. The van der Waals surface area contributed by atoms with Crippen LogP contribution in [0.3, 0.4) is 0 Å². The molecule has 9 heteroatoms. The largest absolute Gasteiger partial charge is 0.416 e. The highest BCUT2D eigenvalue weighted by Gasteiger charge is 2.47. The maximum absolute atomic E-state index is 14.1. The summed E-state index contributed by atoms with van der Waals surface area (Å²) in [5.74, 6) is 0. The molecule has 1 heterocycles. The van der Waals surface area contributed by atoms with Crippen LogP contribution in [-0.2, 0) is 51.4 Å². The maximum atomic E-state index is 14.1. The maximum Gasteiger partial charge on any atom is 0.416 e. The highest BCUT2D eigenvalue weighted by Crippen LogP contribution is 2.37. The summed E-state index contributed by atoms with van der Waals surface area (Å²) in [5, 5.41) is 11.6. The van der Waals surface area contributed by atoms with Gasteiger partial charge in [-0.2, -0.15) is 13.2 Å². The van der Waals surface area contributed by atoms with Crippen LogP contribution >= 0.6 is 15.9 Å². The van der Waals surface area contributed by atoms with Gasteiger partial charge in [-0.15, -0.1) is 0 Å². The van der Waals surface area contributed by atoms with Crippen molar-refractivity contribution in [2.45, 2.75) is 62.9 Å². The Bertz CT molecular complexity index is 1440. The van der Waals surface area contributed by atoms with E-state index in [0.717, 1.165) is 22.8 Å². The molecule has 5 rings (SSSR count). The zero-order valence-corrected chi connectivity index (χ0v) is 25.5. The van der Waals surface area contributed by atoms with Crippen LogP contribution < -0.4 is 0 Å². The second kappa shape index (κ2) is 15.3. The van der Waals surface area contributed by atoms with Gasteiger partial charge in [-0.25, -0.2) is 0 Å². The van der Waals surface area contributed by atoms with Gasteiger partial charge in [0.15, 0.2) is 0 Å². The number of alkyl halides is 3. The molecule has 2 unspecified atom stereocenters. The van der Waals surface area contributed by atoms with Crippen molar-refractivity contribution in [3.05, 3.63) is 141 Å². The van der Waals surface area contributed by atoms with Crippen molar-refractivity contribution in [2.75, 3.05) is 6.61 Å². The molecule has 0 bridgehead atoms. The van der Waals surface area contributed by atoms with Crippen molar-refractivity contribution in [1.29, 1.82) is 0 Å². The minimum Gasteiger partial charge on any atom is -0.387 e. The van der Waals surface area contributed by atoms with E-state index in [9.17, 15) is 18.3 Å². The van der Waals surface area contributed by atoms with Crippen LogP contribution in [0, 0.1) is 0 Å². The molecule has 4 aromatic carbocycles. The molecular weight excluding hydrogens is 637 g/mol. The van der Waals surface area contributed by atoms with Crippen LogP contribution in [0.15, 0.2) is 114 Å². The van der Waals surface area contributed by atoms with Crippen molar-refractivity contribution in [1.82, 2.24) is 0 Å². The molecule has 0 amide bonds. The van der Waals surface area contributed by atoms with Gasteiger partial charge in [0.1, 0.15) is 24.4 Å². The molecule has 0 saturated carbocycles. The van der Waals surface area contributed by atoms with Crippen molar-refractivity contribution < 1.29 is 37.2 Å². The van der Waals surface area contributed by atoms with E-state index in [1.807, 2.05) is 91.0 Å². The lowest BCUT2D eigenvalue weighted by Gasteiger charge is -2.45. The highest BCUT2D eigenvalue weighted by molar-refractivity contribution is 9.10. The van der Waals surface area contributed by atoms with Crippen LogP contribution in [0.2, 0.25) is 0 Å². The average Bonchev–Trinajstić information content (AvgIpc) is 3.03. The Kier molecular flexibility index (Phi) is 11.2. The summed E-state index contributed by atoms with van der Waals surface area (Å²) in [4.78, 5) is 0. The second-order valence-corrected chi connectivity index (χ2v) is 11.6. The predicted molar refractivity (Wildman–Crippen MR) is 164 cm³/mol. The molecule has 1 N–H and O–H groups in total. The van der Waals surface area contributed by atoms with Gasteiger partial charge >= 0.3 is 6.18 Å². The number of rotatable bonds is 12. The number of hydrogen-bond donors (Lipinski definition) is 1. The first-order valence-electron chi connectivity index (χ1n) is 14.4. The minimum absolute atomic E-state index is 0.00955. The van der Waals surface area contributed by atoms with Crippen molar-refractivity contribution in [2.24, 2.45) is 0 Å². The minimum atomic E-state index is -4.57. The van der Waals surface area contributed by atoms with E-state index >= 15 is 0 Å². The number of ether oxygens (including phenoxy) is 4. The number of aliphatic hydroxyl groups excluding tert-OH is 1. The van der Waals surface area contributed by atoms with Gasteiger partial charge in [0, 0.05) is 10.9 Å². The van der Waals surface area contributed by atoms with Crippen LogP contribution in [0.5, 0.6) is 0 Å². The summed E-state index contributed by atoms with van der Waals surface area (Å²) < 4.78 is 67.7. The molecule has 1 saturated heterocycles. The molecular formula is C35H34BrF3O5. The van der Waals surface area contributed by atoms with Crippen LogP contribution in [0.4, 0.5) is 13.2 Å². The molecule has 5 atom stereocenters. The van der Waals surface area contributed by atoms with Gasteiger partial charge in [-0.1, -0.05) is 113 Å². The van der Waals surface area contributed by atoms with Gasteiger partial charge in [0.05, 0.1) is 38.1 Å². The van der Waals surface area contributed by atoms with Crippen molar-refractivity contribution in [3.8, 4) is 0 Å². The van der Waals surface area contributed by atoms with Crippen molar-refractivity contribution in [3.63, 3.8) is 0 Å². The van der Waals surface area contributed by atoms with Gasteiger partial charge in [0.2, 0.25) is 0 Å². The molecule has 0 aliphatic carbocycles. The third kappa shape index (κ3) is 8.78. The molecule has 232 valence electrons. The quantitative estimate of drug-likeness (QED) is 0.169. The number of halogens is 4. The summed E-state index contributed by atoms with van der Waals surface area (Å²) >= 11 is 3.17. The normalized spacial score (nSPS) is 22.2. The number of hydrogen-bond acceptors (Lipinski definition) is 5. The summed E-state index contributed by atoms with van der Waals surface area (Å²) in [6.07, 6.45) is -9.40. The first kappa shape index (κ1) is 32.3. The lowest BCUT2D eigenvalue weighted by Crippen LogP contribution is -2.61. The Hall–Kier alpha value is -3.05. The van der Waals surface area contributed by atoms with E-state index in [1.165, 1.54) is 6.07 Å². The fraction of sp³-hybridized carbons (Fsp3) is 0.314. The molecule has 1 aliphatic heterocycles. The molecule has 0 spiro atoms. The third-order valence-electron chi connectivity index (χ3n) is 7.52. The predicted octanol–water partition coefficient (Wildman–Crippen LogP) is 7.53. The van der Waals surface area contributed by atoms with Gasteiger partial charge in [-0.3, -0.25) is 0 Å². The zero-order chi connectivity index (χ0) is 30.9. The van der Waals surface area contributed by atoms with Crippen LogP contribution in [-0.4, -0.2) is 42.2 Å². The van der Waals surface area contributed by atoms with E-state index in [4.69, 9.17) is 18.9 Å². The molecule has 0 aromatic heterocycles. The zero-order valence-electron chi connectivity index (χ0n) is 23.9. The first-order chi connectivity index (χ1) is 21.3. The number of aliphatic hydroxyl groups is 1. The van der Waals surface area contributed by atoms with E-state index < -0.39 is 42.3 Å². The third-order valence-corrected chi connectivity index (χ3v) is 8.01. The molecule has 0 radical (unpaired) electrons. The molecule has 4 aromatic rings. The Labute approximate surface area is 263 Å². The fourth-order valence-electron chi connectivity index (χ4n) is 5.31. The topological polar surface area (TPSA) is 57.2 Å². The molecule has 1 fully saturated rings. The Morgan fingerprint density at radius 1 is 0.682 bits per heavy atom. The Morgan fingerprint density at radius 2 is 1.20 bits per heavy atom. The standard InChI is InChI=1S/C35H34BrF3O5/c36-28-17-16-27(29(19-28)35(37,38)39)18-30-33(42-21-25-12-6-2-7-13-25)34(43-22-26-14-8-3-9-15-26)32(40)31(44-30)23-41-20-24-10-4-1-5-11-24/h1-17,19,30-34,40H,18,20-23H2/t30-,31-,32-,33?,34?/m1/s1. The SMILES string of the molecule is O[C@H]1C(OCc2ccccc2)C(OCc2ccccc2)[C@@H](Cc2ccc(Br)cc2C(F)(F)F)O[C@@H]1COCc1ccccc1. The van der Waals surface area contributed by atoms with Gasteiger partial charge in [0.25, 0.3) is 0 Å². The van der Waals surface area contributed by atoms with Crippen LogP contribution in [0.1, 0.15) is 27.8 Å². The molecule has 5 nitrogen and oxygen atoms in total. The van der Waals surface area contributed by atoms with Crippen molar-refractivity contribution >= 4 is 15.9 Å². The van der Waals surface area contributed by atoms with Gasteiger partial charge in [-0.05, 0) is 34.4 Å². The Balaban J connectivity index is 1.44. The van der Waals surface area contributed by atoms with Crippen LogP contribution in [0.25, 0.3) is 0 Å². The van der Waals surface area contributed by atoms with E-state index in [2.05, 4.69) is 15.9 Å². The summed E-state index contributed by atoms with van der Waals surface area (Å²) in [6, 6.07) is 32.5. The van der Waals surface area contributed by atoms with E-state index in [-0.39, 0.29) is 38.4 Å². The lowest BCUT2D eigenvalue weighted by molar-refractivity contribution is -0.260. The average molecular weight is 672 g/mol. The summed E-state index contributed by atoms with van der Waals surface area (Å²) in [7, 11) is 0. The summed E-state index contributed by atoms with van der Waals surface area (Å²) in [5.41, 5.74) is 1.99. The second-order valence-electron chi connectivity index (χ2n) is 10.7. The first-order valence-corrected chi connectivity index (χ1v) is 15.2.